The van der Waals surface area contributed by atoms with Crippen LogP contribution in [0.2, 0.25) is 0 Å². The number of rotatable bonds is 1. The monoisotopic (exact) mass is 155 g/mol. The van der Waals surface area contributed by atoms with Crippen molar-refractivity contribution in [3.05, 3.63) is 0 Å². The van der Waals surface area contributed by atoms with Gasteiger partial charge in [0.25, 0.3) is 0 Å². The molecule has 0 bridgehead atoms. The lowest BCUT2D eigenvalue weighted by Crippen LogP contribution is -2.57. The van der Waals surface area contributed by atoms with Crippen molar-refractivity contribution in [2.75, 3.05) is 0 Å². The van der Waals surface area contributed by atoms with E-state index in [-0.39, 0.29) is 11.9 Å². The number of fused-ring (bicyclic) bond motifs is 1. The maximum absolute atomic E-state index is 11.0. The van der Waals surface area contributed by atoms with Gasteiger partial charge in [-0.3, -0.25) is 4.79 Å². The van der Waals surface area contributed by atoms with Gasteiger partial charge in [-0.15, -0.1) is 0 Å². The van der Waals surface area contributed by atoms with Crippen LogP contribution in [0, 0.1) is 0 Å². The van der Waals surface area contributed by atoms with Crippen LogP contribution < -0.4 is 0 Å². The normalized spacial score (nSPS) is 34.9. The molecule has 2 atom stereocenters. The van der Waals surface area contributed by atoms with Crippen LogP contribution in [-0.4, -0.2) is 34.0 Å². The molecule has 0 aliphatic carbocycles. The van der Waals surface area contributed by atoms with Gasteiger partial charge in [-0.2, -0.15) is 0 Å². The van der Waals surface area contributed by atoms with Crippen molar-refractivity contribution in [1.82, 2.24) is 4.90 Å². The zero-order chi connectivity index (χ0) is 8.01. The Kier molecular flexibility index (Phi) is 1.19. The van der Waals surface area contributed by atoms with Gasteiger partial charge >= 0.3 is 5.97 Å². The third kappa shape index (κ3) is 0.751. The minimum atomic E-state index is -0.864. The van der Waals surface area contributed by atoms with Gasteiger partial charge in [-0.05, 0) is 12.8 Å². The van der Waals surface area contributed by atoms with Crippen molar-refractivity contribution in [3.63, 3.8) is 0 Å². The number of hydrogen-bond donors (Lipinski definition) is 1. The summed E-state index contributed by atoms with van der Waals surface area (Å²) < 4.78 is 0. The molecule has 0 radical (unpaired) electrons. The summed E-state index contributed by atoms with van der Waals surface area (Å²) in [6.45, 7) is 0. The summed E-state index contributed by atoms with van der Waals surface area (Å²) in [5, 5.41) is 8.60. The zero-order valence-corrected chi connectivity index (χ0v) is 5.99. The molecule has 60 valence electrons. The highest BCUT2D eigenvalue weighted by molar-refractivity contribution is 5.87. The second kappa shape index (κ2) is 1.96. The molecule has 2 saturated heterocycles. The van der Waals surface area contributed by atoms with E-state index in [2.05, 4.69) is 0 Å². The van der Waals surface area contributed by atoms with Gasteiger partial charge in [0.15, 0.2) is 0 Å². The van der Waals surface area contributed by atoms with Gasteiger partial charge in [0.1, 0.15) is 6.04 Å². The highest BCUT2D eigenvalue weighted by Gasteiger charge is 2.49. The summed E-state index contributed by atoms with van der Waals surface area (Å²) in [4.78, 5) is 23.0. The minimum absolute atomic E-state index is 0.00801. The fraction of sp³-hybridized carbons (Fsp3) is 0.714. The number of carboxylic acid groups (broad SMARTS) is 1. The molecular formula is C7H9NO3. The third-order valence-corrected chi connectivity index (χ3v) is 2.49. The first-order valence-electron chi connectivity index (χ1n) is 3.74. The predicted molar refractivity (Wildman–Crippen MR) is 35.9 cm³/mol. The molecule has 1 N–H and O–H groups in total. The average Bonchev–Trinajstić information content (AvgIpc) is 2.06. The fourth-order valence-electron chi connectivity index (χ4n) is 1.87. The van der Waals surface area contributed by atoms with Gasteiger partial charge < -0.3 is 10.0 Å². The molecule has 0 aromatic heterocycles. The Balaban J connectivity index is 2.11. The molecular weight excluding hydrogens is 146 g/mol. The Bertz CT molecular complexity index is 226. The van der Waals surface area contributed by atoms with E-state index in [0.717, 1.165) is 6.42 Å². The van der Waals surface area contributed by atoms with Crippen molar-refractivity contribution in [3.8, 4) is 0 Å². The Morgan fingerprint density at radius 3 is 2.91 bits per heavy atom. The first-order chi connectivity index (χ1) is 5.20. The van der Waals surface area contributed by atoms with Gasteiger partial charge in [-0.1, -0.05) is 0 Å². The van der Waals surface area contributed by atoms with Crippen LogP contribution in [0.5, 0.6) is 0 Å². The molecule has 0 aromatic carbocycles. The smallest absolute Gasteiger partial charge is 0.326 e. The molecule has 4 heteroatoms. The lowest BCUT2D eigenvalue weighted by atomic mass is 9.95. The van der Waals surface area contributed by atoms with Crippen LogP contribution in [0.4, 0.5) is 0 Å². The summed E-state index contributed by atoms with van der Waals surface area (Å²) in [7, 11) is 0. The van der Waals surface area contributed by atoms with Crippen LogP contribution >= 0.6 is 0 Å². The van der Waals surface area contributed by atoms with E-state index < -0.39 is 12.0 Å². The zero-order valence-electron chi connectivity index (χ0n) is 5.99. The molecule has 4 nitrogen and oxygen atoms in total. The van der Waals surface area contributed by atoms with E-state index in [9.17, 15) is 9.59 Å². The standard InChI is InChI=1S/C7H9NO3/c9-6-2-1-4-3-5(7(10)11)8(4)6/h4-5H,1-3H2,(H,10,11)/t4-,5+/m1/s1. The Morgan fingerprint density at radius 2 is 2.36 bits per heavy atom. The Hall–Kier alpha value is -1.06. The molecule has 0 unspecified atom stereocenters. The minimum Gasteiger partial charge on any atom is -0.480 e. The van der Waals surface area contributed by atoms with Crippen molar-refractivity contribution < 1.29 is 14.7 Å². The summed E-state index contributed by atoms with van der Waals surface area (Å²) in [6, 6.07) is -0.279. The number of carbonyl (C=O) groups excluding carboxylic acids is 1. The molecule has 2 rings (SSSR count). The van der Waals surface area contributed by atoms with Crippen molar-refractivity contribution in [2.45, 2.75) is 31.3 Å². The number of carboxylic acids is 1. The molecule has 2 fully saturated rings. The summed E-state index contributed by atoms with van der Waals surface area (Å²) in [5.74, 6) is -0.856. The topological polar surface area (TPSA) is 57.6 Å². The van der Waals surface area contributed by atoms with Crippen molar-refractivity contribution in [2.24, 2.45) is 0 Å². The lowest BCUT2D eigenvalue weighted by molar-refractivity contribution is -0.157. The summed E-state index contributed by atoms with van der Waals surface area (Å²) in [5.41, 5.74) is 0. The quantitative estimate of drug-likeness (QED) is 0.572. The predicted octanol–water partition coefficient (Wildman–Crippen LogP) is -0.166. The molecule has 2 heterocycles. The summed E-state index contributed by atoms with van der Waals surface area (Å²) >= 11 is 0. The number of amides is 1. The molecule has 0 spiro atoms. The lowest BCUT2D eigenvalue weighted by Gasteiger charge is -2.41. The molecule has 0 saturated carbocycles. The highest BCUT2D eigenvalue weighted by atomic mass is 16.4. The van der Waals surface area contributed by atoms with Gasteiger partial charge in [0.05, 0.1) is 0 Å². The second-order valence-corrected chi connectivity index (χ2v) is 3.08. The molecule has 1 amide bonds. The molecule has 2 aliphatic rings. The highest BCUT2D eigenvalue weighted by Crippen LogP contribution is 2.35. The van der Waals surface area contributed by atoms with Crippen LogP contribution in [-0.2, 0) is 9.59 Å². The number of nitrogens with zero attached hydrogens (tertiary/aromatic N) is 1. The van der Waals surface area contributed by atoms with E-state index in [0.29, 0.717) is 12.8 Å². The van der Waals surface area contributed by atoms with Crippen molar-refractivity contribution >= 4 is 11.9 Å². The second-order valence-electron chi connectivity index (χ2n) is 3.08. The van der Waals surface area contributed by atoms with E-state index in [1.165, 1.54) is 4.90 Å². The Labute approximate surface area is 63.8 Å². The summed E-state index contributed by atoms with van der Waals surface area (Å²) in [6.07, 6.45) is 2.04. The molecule has 2 aliphatic heterocycles. The molecule has 11 heavy (non-hydrogen) atoms. The van der Waals surface area contributed by atoms with Crippen LogP contribution in [0.15, 0.2) is 0 Å². The maximum atomic E-state index is 11.0. The average molecular weight is 155 g/mol. The van der Waals surface area contributed by atoms with E-state index >= 15 is 0 Å². The third-order valence-electron chi connectivity index (χ3n) is 2.49. The Morgan fingerprint density at radius 1 is 1.64 bits per heavy atom. The maximum Gasteiger partial charge on any atom is 0.326 e. The first-order valence-corrected chi connectivity index (χ1v) is 3.74. The SMILES string of the molecule is O=C(O)[C@@H]1C[C@H]2CCC(=O)N21. The number of aliphatic carboxylic acids is 1. The number of hydrogen-bond acceptors (Lipinski definition) is 2. The van der Waals surface area contributed by atoms with Gasteiger partial charge in [0.2, 0.25) is 5.91 Å². The van der Waals surface area contributed by atoms with E-state index in [1.807, 2.05) is 0 Å². The fourth-order valence-corrected chi connectivity index (χ4v) is 1.87. The van der Waals surface area contributed by atoms with Crippen LogP contribution in [0.1, 0.15) is 19.3 Å². The van der Waals surface area contributed by atoms with Crippen molar-refractivity contribution in [1.29, 1.82) is 0 Å². The first kappa shape index (κ1) is 6.64. The van der Waals surface area contributed by atoms with Gasteiger partial charge in [0, 0.05) is 12.5 Å². The van der Waals surface area contributed by atoms with Crippen LogP contribution in [0.3, 0.4) is 0 Å². The van der Waals surface area contributed by atoms with E-state index in [1.54, 1.807) is 0 Å². The largest absolute Gasteiger partial charge is 0.480 e. The number of carbonyl (C=O) groups is 2. The van der Waals surface area contributed by atoms with Crippen LogP contribution in [0.25, 0.3) is 0 Å². The molecule has 0 aromatic rings. The van der Waals surface area contributed by atoms with E-state index in [4.69, 9.17) is 5.11 Å². The van der Waals surface area contributed by atoms with Gasteiger partial charge in [-0.25, -0.2) is 4.79 Å².